The van der Waals surface area contributed by atoms with Crippen LogP contribution in [0.4, 0.5) is 5.82 Å². The zero-order valence-corrected chi connectivity index (χ0v) is 11.5. The van der Waals surface area contributed by atoms with Gasteiger partial charge in [-0.1, -0.05) is 20.8 Å². The Kier molecular flexibility index (Phi) is 5.42. The van der Waals surface area contributed by atoms with Gasteiger partial charge in [0.2, 0.25) is 0 Å². The van der Waals surface area contributed by atoms with Crippen molar-refractivity contribution in [1.29, 1.82) is 0 Å². The Morgan fingerprint density at radius 2 is 2.12 bits per heavy atom. The van der Waals surface area contributed by atoms with Crippen LogP contribution in [-0.4, -0.2) is 11.5 Å². The summed E-state index contributed by atoms with van der Waals surface area (Å²) < 4.78 is 0. The average molecular weight is 235 g/mol. The molecular formula is C14H25N3. The van der Waals surface area contributed by atoms with Gasteiger partial charge in [-0.15, -0.1) is 0 Å². The highest BCUT2D eigenvalue weighted by Crippen LogP contribution is 2.27. The number of pyridine rings is 1. The maximum absolute atomic E-state index is 6.02. The molecule has 3 heteroatoms. The van der Waals surface area contributed by atoms with Crippen LogP contribution in [0.15, 0.2) is 12.3 Å². The quantitative estimate of drug-likeness (QED) is 0.796. The second-order valence-electron chi connectivity index (χ2n) is 5.06. The molecule has 0 saturated carbocycles. The number of nitrogens with one attached hydrogen (secondary N) is 1. The van der Waals surface area contributed by atoms with Gasteiger partial charge in [0.15, 0.2) is 0 Å². The molecule has 0 aliphatic heterocycles. The molecule has 1 atom stereocenters. The van der Waals surface area contributed by atoms with Crippen molar-refractivity contribution >= 4 is 5.82 Å². The molecule has 0 spiro atoms. The van der Waals surface area contributed by atoms with Crippen LogP contribution in [0.1, 0.15) is 50.8 Å². The summed E-state index contributed by atoms with van der Waals surface area (Å²) in [4.78, 5) is 4.21. The topological polar surface area (TPSA) is 50.9 Å². The van der Waals surface area contributed by atoms with Crippen LogP contribution in [0, 0.1) is 12.8 Å². The standard InChI is InChI=1S/C14H25N3/c1-5-7-16-12(9-10(2)3)13-11(4)6-8-17-14(13)15/h6,8,10,12,16H,5,7,9H2,1-4H3,(H2,15,17). The average Bonchev–Trinajstić information content (AvgIpc) is 2.24. The van der Waals surface area contributed by atoms with Crippen LogP contribution in [-0.2, 0) is 0 Å². The maximum Gasteiger partial charge on any atom is 0.128 e. The lowest BCUT2D eigenvalue weighted by atomic mass is 9.94. The van der Waals surface area contributed by atoms with E-state index in [1.807, 2.05) is 6.07 Å². The van der Waals surface area contributed by atoms with Gasteiger partial charge in [0.05, 0.1) is 0 Å². The van der Waals surface area contributed by atoms with E-state index in [2.05, 4.69) is 38.0 Å². The third-order valence-electron chi connectivity index (χ3n) is 2.94. The Hall–Kier alpha value is -1.09. The predicted molar refractivity (Wildman–Crippen MR) is 73.9 cm³/mol. The first-order valence-electron chi connectivity index (χ1n) is 6.50. The summed E-state index contributed by atoms with van der Waals surface area (Å²) in [5.74, 6) is 1.31. The van der Waals surface area contributed by atoms with Gasteiger partial charge < -0.3 is 11.1 Å². The van der Waals surface area contributed by atoms with E-state index >= 15 is 0 Å². The number of aryl methyl sites for hydroxylation is 1. The summed E-state index contributed by atoms with van der Waals surface area (Å²) in [7, 11) is 0. The smallest absolute Gasteiger partial charge is 0.128 e. The van der Waals surface area contributed by atoms with E-state index in [1.54, 1.807) is 6.20 Å². The van der Waals surface area contributed by atoms with Crippen molar-refractivity contribution in [1.82, 2.24) is 10.3 Å². The zero-order chi connectivity index (χ0) is 12.8. The zero-order valence-electron chi connectivity index (χ0n) is 11.5. The Labute approximate surface area is 105 Å². The molecule has 0 saturated heterocycles. The second kappa shape index (κ2) is 6.60. The SMILES string of the molecule is CCCNC(CC(C)C)c1c(C)ccnc1N. The molecule has 17 heavy (non-hydrogen) atoms. The Balaban J connectivity index is 2.94. The van der Waals surface area contributed by atoms with E-state index in [0.29, 0.717) is 17.8 Å². The first kappa shape index (κ1) is 14.0. The normalized spacial score (nSPS) is 13.0. The summed E-state index contributed by atoms with van der Waals surface area (Å²) in [5, 5.41) is 3.58. The van der Waals surface area contributed by atoms with Gasteiger partial charge in [-0.25, -0.2) is 4.98 Å². The molecule has 3 N–H and O–H groups in total. The van der Waals surface area contributed by atoms with E-state index in [4.69, 9.17) is 5.73 Å². The minimum absolute atomic E-state index is 0.323. The Bertz CT molecular complexity index is 327. The fourth-order valence-corrected chi connectivity index (χ4v) is 2.14. The fraction of sp³-hybridized carbons (Fsp3) is 0.643. The van der Waals surface area contributed by atoms with Gasteiger partial charge in [-0.2, -0.15) is 0 Å². The lowest BCUT2D eigenvalue weighted by Gasteiger charge is -2.23. The number of nitrogens with zero attached hydrogens (tertiary/aromatic N) is 1. The van der Waals surface area contributed by atoms with Crippen LogP contribution in [0.25, 0.3) is 0 Å². The molecule has 3 nitrogen and oxygen atoms in total. The second-order valence-corrected chi connectivity index (χ2v) is 5.06. The number of aromatic nitrogens is 1. The van der Waals surface area contributed by atoms with Gasteiger partial charge in [-0.05, 0) is 43.9 Å². The van der Waals surface area contributed by atoms with E-state index < -0.39 is 0 Å². The van der Waals surface area contributed by atoms with Crippen molar-refractivity contribution < 1.29 is 0 Å². The number of anilines is 1. The van der Waals surface area contributed by atoms with E-state index in [0.717, 1.165) is 19.4 Å². The minimum Gasteiger partial charge on any atom is -0.383 e. The molecule has 0 aliphatic carbocycles. The third kappa shape index (κ3) is 4.00. The van der Waals surface area contributed by atoms with Crippen molar-refractivity contribution in [2.24, 2.45) is 5.92 Å². The van der Waals surface area contributed by atoms with Gasteiger partial charge in [-0.3, -0.25) is 0 Å². The first-order chi connectivity index (χ1) is 8.06. The van der Waals surface area contributed by atoms with Crippen molar-refractivity contribution in [3.05, 3.63) is 23.4 Å². The lowest BCUT2D eigenvalue weighted by Crippen LogP contribution is -2.25. The largest absolute Gasteiger partial charge is 0.383 e. The number of nitrogens with two attached hydrogens (primary N) is 1. The molecule has 0 aliphatic rings. The predicted octanol–water partition coefficient (Wildman–Crippen LogP) is 3.06. The third-order valence-corrected chi connectivity index (χ3v) is 2.94. The molecule has 1 aromatic heterocycles. The van der Waals surface area contributed by atoms with Crippen molar-refractivity contribution in [2.75, 3.05) is 12.3 Å². The van der Waals surface area contributed by atoms with Gasteiger partial charge in [0, 0.05) is 17.8 Å². The van der Waals surface area contributed by atoms with E-state index in [1.165, 1.54) is 11.1 Å². The molecule has 0 bridgehead atoms. The number of rotatable bonds is 6. The highest BCUT2D eigenvalue weighted by Gasteiger charge is 2.17. The summed E-state index contributed by atoms with van der Waals surface area (Å²) >= 11 is 0. The Morgan fingerprint density at radius 3 is 2.65 bits per heavy atom. The number of hydrogen-bond donors (Lipinski definition) is 2. The number of hydrogen-bond acceptors (Lipinski definition) is 3. The van der Waals surface area contributed by atoms with Crippen LogP contribution in [0.3, 0.4) is 0 Å². The minimum atomic E-state index is 0.323. The highest BCUT2D eigenvalue weighted by atomic mass is 14.9. The summed E-state index contributed by atoms with van der Waals surface area (Å²) in [5.41, 5.74) is 8.42. The number of nitrogen functional groups attached to an aromatic ring is 1. The molecule has 0 amide bonds. The first-order valence-corrected chi connectivity index (χ1v) is 6.50. The van der Waals surface area contributed by atoms with Crippen LogP contribution in [0.2, 0.25) is 0 Å². The Morgan fingerprint density at radius 1 is 1.41 bits per heavy atom. The van der Waals surface area contributed by atoms with Crippen molar-refractivity contribution in [2.45, 2.75) is 46.6 Å². The molecule has 1 aromatic rings. The molecule has 0 aromatic carbocycles. The van der Waals surface area contributed by atoms with Crippen molar-refractivity contribution in [3.63, 3.8) is 0 Å². The summed E-state index contributed by atoms with van der Waals surface area (Å²) in [6, 6.07) is 2.36. The van der Waals surface area contributed by atoms with Crippen LogP contribution < -0.4 is 11.1 Å². The molecule has 0 fully saturated rings. The molecular weight excluding hydrogens is 210 g/mol. The fourth-order valence-electron chi connectivity index (χ4n) is 2.14. The van der Waals surface area contributed by atoms with Gasteiger partial charge >= 0.3 is 0 Å². The van der Waals surface area contributed by atoms with Gasteiger partial charge in [0.1, 0.15) is 5.82 Å². The van der Waals surface area contributed by atoms with E-state index in [-0.39, 0.29) is 0 Å². The van der Waals surface area contributed by atoms with Crippen molar-refractivity contribution in [3.8, 4) is 0 Å². The molecule has 0 radical (unpaired) electrons. The molecule has 96 valence electrons. The highest BCUT2D eigenvalue weighted by molar-refractivity contribution is 5.46. The van der Waals surface area contributed by atoms with Crippen LogP contribution >= 0.6 is 0 Å². The summed E-state index contributed by atoms with van der Waals surface area (Å²) in [6.07, 6.45) is 4.00. The summed E-state index contributed by atoms with van der Waals surface area (Å²) in [6.45, 7) is 9.78. The molecule has 1 rings (SSSR count). The monoisotopic (exact) mass is 235 g/mol. The maximum atomic E-state index is 6.02. The van der Waals surface area contributed by atoms with Gasteiger partial charge in [0.25, 0.3) is 0 Å². The van der Waals surface area contributed by atoms with Crippen LogP contribution in [0.5, 0.6) is 0 Å². The van der Waals surface area contributed by atoms with E-state index in [9.17, 15) is 0 Å². The molecule has 1 unspecified atom stereocenters. The molecule has 1 heterocycles. The lowest BCUT2D eigenvalue weighted by molar-refractivity contribution is 0.429.